The Kier molecular flexibility index (Phi) is 6.26. The van der Waals surface area contributed by atoms with Gasteiger partial charge in [0.2, 0.25) is 0 Å². The fraction of sp³-hybridized carbons (Fsp3) is 0.429. The van der Waals surface area contributed by atoms with E-state index in [1.165, 1.54) is 17.1 Å². The molecule has 5 nitrogen and oxygen atoms in total. The van der Waals surface area contributed by atoms with Crippen LogP contribution in [0.1, 0.15) is 39.5 Å². The number of benzene rings is 2. The summed E-state index contributed by atoms with van der Waals surface area (Å²) in [4.78, 5) is 0.249. The normalized spacial score (nSPS) is 14.9. The van der Waals surface area contributed by atoms with Gasteiger partial charge in [-0.2, -0.15) is 0 Å². The fourth-order valence-corrected chi connectivity index (χ4v) is 4.86. The minimum Gasteiger partial charge on any atom is -0.494 e. The van der Waals surface area contributed by atoms with E-state index < -0.39 is 10.0 Å². The highest BCUT2D eigenvalue weighted by atomic mass is 32.2. The molecule has 1 aliphatic rings. The van der Waals surface area contributed by atoms with Crippen molar-refractivity contribution in [3.63, 3.8) is 0 Å². The predicted molar refractivity (Wildman–Crippen MR) is 107 cm³/mol. The van der Waals surface area contributed by atoms with Gasteiger partial charge >= 0.3 is 0 Å². The zero-order chi connectivity index (χ0) is 19.3. The van der Waals surface area contributed by atoms with E-state index in [1.807, 2.05) is 26.0 Å². The van der Waals surface area contributed by atoms with Crippen molar-refractivity contribution < 1.29 is 17.9 Å². The van der Waals surface area contributed by atoms with Crippen LogP contribution in [-0.2, 0) is 10.0 Å². The molecule has 2 aromatic carbocycles. The lowest BCUT2D eigenvalue weighted by molar-refractivity contribution is 0.210. The van der Waals surface area contributed by atoms with E-state index >= 15 is 0 Å². The molecule has 0 spiro atoms. The molecule has 0 heterocycles. The summed E-state index contributed by atoms with van der Waals surface area (Å²) in [6, 6.07) is 13.8. The first-order chi connectivity index (χ1) is 13.0. The monoisotopic (exact) mass is 389 g/mol. The summed E-state index contributed by atoms with van der Waals surface area (Å²) in [5.74, 6) is 1.45. The molecule has 0 atom stereocenters. The molecule has 1 fully saturated rings. The van der Waals surface area contributed by atoms with E-state index in [4.69, 9.17) is 9.47 Å². The number of hydrogen-bond acceptors (Lipinski definition) is 4. The number of rotatable bonds is 8. The molecule has 0 amide bonds. The molecule has 0 aliphatic heterocycles. The van der Waals surface area contributed by atoms with E-state index in [-0.39, 0.29) is 11.0 Å². The third-order valence-electron chi connectivity index (χ3n) is 4.74. The Morgan fingerprint density at radius 2 is 1.52 bits per heavy atom. The van der Waals surface area contributed by atoms with Crippen molar-refractivity contribution >= 4 is 15.7 Å². The fourth-order valence-electron chi connectivity index (χ4n) is 3.38. The molecular weight excluding hydrogens is 362 g/mol. The van der Waals surface area contributed by atoms with Gasteiger partial charge in [-0.05, 0) is 88.1 Å². The maximum absolute atomic E-state index is 13.1. The SMILES string of the molecule is CCOc1ccc(S(=O)(=O)N(CC)c2ccc(OC3CCCC3)cc2)cc1. The quantitative estimate of drug-likeness (QED) is 0.661. The van der Waals surface area contributed by atoms with E-state index in [0.29, 0.717) is 24.6 Å². The van der Waals surface area contributed by atoms with Crippen LogP contribution in [0.3, 0.4) is 0 Å². The Morgan fingerprint density at radius 3 is 2.07 bits per heavy atom. The summed E-state index contributed by atoms with van der Waals surface area (Å²) in [6.45, 7) is 4.61. The minimum absolute atomic E-state index is 0.249. The Labute approximate surface area is 162 Å². The average Bonchev–Trinajstić information content (AvgIpc) is 3.17. The summed E-state index contributed by atoms with van der Waals surface area (Å²) in [6.07, 6.45) is 4.90. The third-order valence-corrected chi connectivity index (χ3v) is 6.66. The van der Waals surface area contributed by atoms with Gasteiger partial charge in [0.25, 0.3) is 10.0 Å². The van der Waals surface area contributed by atoms with E-state index in [1.54, 1.807) is 36.4 Å². The van der Waals surface area contributed by atoms with Crippen molar-refractivity contribution in [2.45, 2.75) is 50.5 Å². The second kappa shape index (κ2) is 8.65. The summed E-state index contributed by atoms with van der Waals surface area (Å²) in [7, 11) is -3.63. The van der Waals surface area contributed by atoms with Gasteiger partial charge in [-0.15, -0.1) is 0 Å². The van der Waals surface area contributed by atoms with Gasteiger partial charge in [0.05, 0.1) is 23.3 Å². The lowest BCUT2D eigenvalue weighted by Crippen LogP contribution is -2.30. The van der Waals surface area contributed by atoms with Gasteiger partial charge < -0.3 is 9.47 Å². The van der Waals surface area contributed by atoms with Crippen molar-refractivity contribution in [2.75, 3.05) is 17.5 Å². The Morgan fingerprint density at radius 1 is 0.926 bits per heavy atom. The van der Waals surface area contributed by atoms with Crippen LogP contribution in [0.2, 0.25) is 0 Å². The molecular formula is C21H27NO4S. The van der Waals surface area contributed by atoms with Crippen molar-refractivity contribution in [3.8, 4) is 11.5 Å². The Balaban J connectivity index is 1.78. The van der Waals surface area contributed by atoms with Crippen LogP contribution in [0.5, 0.6) is 11.5 Å². The van der Waals surface area contributed by atoms with Gasteiger partial charge in [0.15, 0.2) is 0 Å². The number of hydrogen-bond donors (Lipinski definition) is 0. The average molecular weight is 390 g/mol. The van der Waals surface area contributed by atoms with Gasteiger partial charge in [0.1, 0.15) is 11.5 Å². The maximum atomic E-state index is 13.1. The molecule has 0 unspecified atom stereocenters. The molecule has 1 aliphatic carbocycles. The lowest BCUT2D eigenvalue weighted by atomic mass is 10.2. The zero-order valence-electron chi connectivity index (χ0n) is 15.9. The van der Waals surface area contributed by atoms with E-state index in [9.17, 15) is 8.42 Å². The first-order valence-corrected chi connectivity index (χ1v) is 11.0. The largest absolute Gasteiger partial charge is 0.494 e. The van der Waals surface area contributed by atoms with E-state index in [0.717, 1.165) is 18.6 Å². The molecule has 0 saturated heterocycles. The number of ether oxygens (including phenoxy) is 2. The number of anilines is 1. The minimum atomic E-state index is -3.63. The molecule has 0 N–H and O–H groups in total. The smallest absolute Gasteiger partial charge is 0.264 e. The van der Waals surface area contributed by atoms with Crippen molar-refractivity contribution in [1.82, 2.24) is 0 Å². The molecule has 6 heteroatoms. The molecule has 0 radical (unpaired) electrons. The molecule has 146 valence electrons. The van der Waals surface area contributed by atoms with Crippen molar-refractivity contribution in [3.05, 3.63) is 48.5 Å². The van der Waals surface area contributed by atoms with Crippen molar-refractivity contribution in [2.24, 2.45) is 0 Å². The van der Waals surface area contributed by atoms with Crippen LogP contribution in [-0.4, -0.2) is 27.7 Å². The van der Waals surface area contributed by atoms with E-state index in [2.05, 4.69) is 0 Å². The first-order valence-electron chi connectivity index (χ1n) is 9.57. The number of sulfonamides is 1. The second-order valence-electron chi connectivity index (χ2n) is 6.59. The van der Waals surface area contributed by atoms with Crippen LogP contribution in [0.15, 0.2) is 53.4 Å². The highest BCUT2D eigenvalue weighted by molar-refractivity contribution is 7.92. The molecule has 2 aromatic rings. The first kappa shape index (κ1) is 19.5. The van der Waals surface area contributed by atoms with Gasteiger partial charge in [-0.1, -0.05) is 0 Å². The molecule has 0 bridgehead atoms. The Bertz CT molecular complexity index is 825. The second-order valence-corrected chi connectivity index (χ2v) is 8.45. The maximum Gasteiger partial charge on any atom is 0.264 e. The highest BCUT2D eigenvalue weighted by Crippen LogP contribution is 2.29. The molecule has 3 rings (SSSR count). The predicted octanol–water partition coefficient (Wildman–Crippen LogP) is 4.62. The van der Waals surface area contributed by atoms with Crippen LogP contribution in [0, 0.1) is 0 Å². The summed E-state index contributed by atoms with van der Waals surface area (Å²) in [5.41, 5.74) is 0.630. The molecule has 1 saturated carbocycles. The standard InChI is InChI=1S/C21H27NO4S/c1-3-22(27(23,24)21-15-13-18(14-16-21)25-4-2)17-9-11-20(12-10-17)26-19-7-5-6-8-19/h9-16,19H,3-8H2,1-2H3. The van der Waals surface area contributed by atoms with Gasteiger partial charge in [-0.25, -0.2) is 8.42 Å². The molecule has 0 aromatic heterocycles. The van der Waals surface area contributed by atoms with Crippen LogP contribution in [0.25, 0.3) is 0 Å². The van der Waals surface area contributed by atoms with Crippen molar-refractivity contribution in [1.29, 1.82) is 0 Å². The third kappa shape index (κ3) is 4.56. The highest BCUT2D eigenvalue weighted by Gasteiger charge is 2.24. The summed E-state index contributed by atoms with van der Waals surface area (Å²) < 4.78 is 38.9. The topological polar surface area (TPSA) is 55.8 Å². The van der Waals surface area contributed by atoms with Gasteiger partial charge in [-0.3, -0.25) is 4.31 Å². The van der Waals surface area contributed by atoms with Crippen LogP contribution in [0.4, 0.5) is 5.69 Å². The molecule has 27 heavy (non-hydrogen) atoms. The van der Waals surface area contributed by atoms with Gasteiger partial charge in [0, 0.05) is 6.54 Å². The van der Waals surface area contributed by atoms with Crippen LogP contribution < -0.4 is 13.8 Å². The lowest BCUT2D eigenvalue weighted by Gasteiger charge is -2.23. The zero-order valence-corrected chi connectivity index (χ0v) is 16.7. The summed E-state index contributed by atoms with van der Waals surface area (Å²) in [5, 5.41) is 0. The number of nitrogens with zero attached hydrogens (tertiary/aromatic N) is 1. The Hall–Kier alpha value is -2.21. The van der Waals surface area contributed by atoms with Crippen LogP contribution >= 0.6 is 0 Å². The summed E-state index contributed by atoms with van der Waals surface area (Å²) >= 11 is 0.